The van der Waals surface area contributed by atoms with Gasteiger partial charge in [0.25, 0.3) is 0 Å². The first kappa shape index (κ1) is 19.1. The molecule has 7 heteroatoms. The van der Waals surface area contributed by atoms with E-state index in [0.29, 0.717) is 35.9 Å². The van der Waals surface area contributed by atoms with Crippen LogP contribution in [0.25, 0.3) is 0 Å². The predicted octanol–water partition coefficient (Wildman–Crippen LogP) is 2.44. The molecule has 0 aliphatic rings. The number of rotatable bonds is 7. The van der Waals surface area contributed by atoms with E-state index < -0.39 is 0 Å². The second-order valence-electron chi connectivity index (χ2n) is 5.26. The maximum atomic E-state index is 11.5. The lowest BCUT2D eigenvalue weighted by Crippen LogP contribution is -2.24. The molecular weight excluding hydrogens is 318 g/mol. The van der Waals surface area contributed by atoms with Gasteiger partial charge in [-0.15, -0.1) is 12.4 Å². The molecule has 0 radical (unpaired) electrons. The monoisotopic (exact) mass is 339 g/mol. The van der Waals surface area contributed by atoms with E-state index in [0.717, 1.165) is 5.56 Å². The minimum atomic E-state index is 0. The Bertz CT molecular complexity index is 658. The molecule has 1 atom stereocenters. The zero-order valence-corrected chi connectivity index (χ0v) is 14.6. The number of hydrogen-bond acceptors (Lipinski definition) is 6. The molecule has 126 valence electrons. The highest BCUT2D eigenvalue weighted by Crippen LogP contribution is 2.23. The highest BCUT2D eigenvalue weighted by molar-refractivity contribution is 5.94. The van der Waals surface area contributed by atoms with Crippen LogP contribution in [0.5, 0.6) is 5.75 Å². The van der Waals surface area contributed by atoms with E-state index in [4.69, 9.17) is 9.26 Å². The summed E-state index contributed by atoms with van der Waals surface area (Å²) >= 11 is 0. The summed E-state index contributed by atoms with van der Waals surface area (Å²) in [5.74, 6) is 1.89. The molecule has 0 aliphatic carbocycles. The molecule has 1 aromatic heterocycles. The van der Waals surface area contributed by atoms with Crippen molar-refractivity contribution in [3.05, 3.63) is 41.0 Å². The molecule has 2 rings (SSSR count). The van der Waals surface area contributed by atoms with E-state index in [9.17, 15) is 4.79 Å². The van der Waals surface area contributed by atoms with Crippen LogP contribution in [0.15, 0.2) is 22.7 Å². The molecule has 0 saturated carbocycles. The van der Waals surface area contributed by atoms with Crippen LogP contribution in [0.4, 0.5) is 0 Å². The van der Waals surface area contributed by atoms with Crippen LogP contribution in [0.1, 0.15) is 41.5 Å². The fourth-order valence-corrected chi connectivity index (χ4v) is 2.12. The average molecular weight is 340 g/mol. The van der Waals surface area contributed by atoms with Crippen LogP contribution in [-0.4, -0.2) is 36.1 Å². The maximum absolute atomic E-state index is 11.5. The van der Waals surface area contributed by atoms with Crippen LogP contribution in [0.3, 0.4) is 0 Å². The Morgan fingerprint density at radius 2 is 2.17 bits per heavy atom. The Morgan fingerprint density at radius 1 is 1.43 bits per heavy atom. The van der Waals surface area contributed by atoms with E-state index in [-0.39, 0.29) is 24.2 Å². The Hall–Kier alpha value is -1.92. The van der Waals surface area contributed by atoms with E-state index in [2.05, 4.69) is 22.4 Å². The van der Waals surface area contributed by atoms with Gasteiger partial charge in [0.15, 0.2) is 11.6 Å². The van der Waals surface area contributed by atoms with Gasteiger partial charge in [-0.1, -0.05) is 5.16 Å². The van der Waals surface area contributed by atoms with E-state index in [1.807, 2.05) is 7.05 Å². The van der Waals surface area contributed by atoms with Gasteiger partial charge in [-0.05, 0) is 39.1 Å². The highest BCUT2D eigenvalue weighted by atomic mass is 35.5. The molecule has 0 fully saturated rings. The second-order valence-corrected chi connectivity index (χ2v) is 5.26. The molecule has 0 spiro atoms. The Morgan fingerprint density at radius 3 is 2.78 bits per heavy atom. The van der Waals surface area contributed by atoms with Crippen LogP contribution in [-0.2, 0) is 12.8 Å². The van der Waals surface area contributed by atoms with Gasteiger partial charge in [0, 0.05) is 23.6 Å². The molecule has 0 aliphatic heterocycles. The maximum Gasteiger partial charge on any atom is 0.231 e. The van der Waals surface area contributed by atoms with Crippen LogP contribution < -0.4 is 10.1 Å². The summed E-state index contributed by atoms with van der Waals surface area (Å²) in [4.78, 5) is 15.9. The summed E-state index contributed by atoms with van der Waals surface area (Å²) in [6.07, 6.45) is 1.13. The zero-order valence-electron chi connectivity index (χ0n) is 13.8. The van der Waals surface area contributed by atoms with Gasteiger partial charge in [-0.25, -0.2) is 0 Å². The highest BCUT2D eigenvalue weighted by Gasteiger charge is 2.13. The quantitative estimate of drug-likeness (QED) is 0.781. The summed E-state index contributed by atoms with van der Waals surface area (Å²) in [5.41, 5.74) is 1.49. The molecule has 0 saturated heterocycles. The first-order valence-electron chi connectivity index (χ1n) is 7.20. The molecule has 6 nitrogen and oxygen atoms in total. The van der Waals surface area contributed by atoms with Crippen molar-refractivity contribution in [3.63, 3.8) is 0 Å². The van der Waals surface area contributed by atoms with Crippen molar-refractivity contribution in [2.45, 2.75) is 32.7 Å². The van der Waals surface area contributed by atoms with Crippen molar-refractivity contribution in [3.8, 4) is 5.75 Å². The third-order valence-corrected chi connectivity index (χ3v) is 3.52. The summed E-state index contributed by atoms with van der Waals surface area (Å²) in [5, 5.41) is 7.11. The molecule has 0 amide bonds. The van der Waals surface area contributed by atoms with Gasteiger partial charge in [-0.3, -0.25) is 4.79 Å². The number of ketones is 1. The summed E-state index contributed by atoms with van der Waals surface area (Å²) < 4.78 is 10.6. The Balaban J connectivity index is 0.00000264. The number of hydrogen-bond donors (Lipinski definition) is 1. The first-order chi connectivity index (χ1) is 10.5. The molecule has 23 heavy (non-hydrogen) atoms. The molecule has 1 N–H and O–H groups in total. The number of Topliss-reactive ketones (excluding diaryl/α,β-unsaturated/α-hetero) is 1. The van der Waals surface area contributed by atoms with Crippen molar-refractivity contribution < 1.29 is 14.1 Å². The van der Waals surface area contributed by atoms with Crippen LogP contribution in [0, 0.1) is 0 Å². The van der Waals surface area contributed by atoms with Crippen molar-refractivity contribution in [1.82, 2.24) is 15.5 Å². The van der Waals surface area contributed by atoms with E-state index in [1.165, 1.54) is 6.92 Å². The minimum Gasteiger partial charge on any atom is -0.496 e. The smallest absolute Gasteiger partial charge is 0.231 e. The van der Waals surface area contributed by atoms with Gasteiger partial charge in [-0.2, -0.15) is 4.98 Å². The van der Waals surface area contributed by atoms with E-state index >= 15 is 0 Å². The number of methoxy groups -OCH3 is 1. The number of likely N-dealkylation sites (N-methyl/N-ethyl adjacent to an activating group) is 1. The first-order valence-corrected chi connectivity index (χ1v) is 7.20. The van der Waals surface area contributed by atoms with Gasteiger partial charge in [0.2, 0.25) is 5.89 Å². The average Bonchev–Trinajstić information content (AvgIpc) is 2.94. The van der Waals surface area contributed by atoms with Crippen molar-refractivity contribution in [2.75, 3.05) is 14.2 Å². The van der Waals surface area contributed by atoms with Gasteiger partial charge < -0.3 is 14.6 Å². The molecular formula is C16H22ClN3O3. The SMILES string of the molecule is CNC(C)Cc1noc(Cc2cc(C(C)=O)ccc2OC)n1.Cl. The lowest BCUT2D eigenvalue weighted by Gasteiger charge is -2.08. The summed E-state index contributed by atoms with van der Waals surface area (Å²) in [7, 11) is 3.49. The minimum absolute atomic E-state index is 0. The Kier molecular flexibility index (Phi) is 7.19. The normalized spacial score (nSPS) is 11.7. The molecule has 1 aromatic carbocycles. The largest absolute Gasteiger partial charge is 0.496 e. The number of nitrogens with one attached hydrogen (secondary N) is 1. The lowest BCUT2D eigenvalue weighted by molar-refractivity contribution is 0.101. The summed E-state index contributed by atoms with van der Waals surface area (Å²) in [6, 6.07) is 5.62. The third kappa shape index (κ3) is 5.04. The molecule has 1 unspecified atom stereocenters. The number of ether oxygens (including phenoxy) is 1. The fraction of sp³-hybridized carbons (Fsp3) is 0.438. The number of halogens is 1. The molecule has 2 aromatic rings. The van der Waals surface area contributed by atoms with Gasteiger partial charge in [0.05, 0.1) is 13.5 Å². The predicted molar refractivity (Wildman–Crippen MR) is 89.6 cm³/mol. The second kappa shape index (κ2) is 8.64. The third-order valence-electron chi connectivity index (χ3n) is 3.52. The van der Waals surface area contributed by atoms with Crippen molar-refractivity contribution in [1.29, 1.82) is 0 Å². The van der Waals surface area contributed by atoms with Gasteiger partial charge >= 0.3 is 0 Å². The van der Waals surface area contributed by atoms with Gasteiger partial charge in [0.1, 0.15) is 5.75 Å². The number of carbonyl (C=O) groups excluding carboxylic acids is 1. The zero-order chi connectivity index (χ0) is 16.1. The standard InChI is InChI=1S/C16H21N3O3.ClH/c1-10(17-3)7-15-18-16(22-19-15)9-13-8-12(11(2)20)5-6-14(13)21-4;/h5-6,8,10,17H,7,9H2,1-4H3;1H. The van der Waals surface area contributed by atoms with Crippen LogP contribution in [0.2, 0.25) is 0 Å². The van der Waals surface area contributed by atoms with E-state index in [1.54, 1.807) is 25.3 Å². The lowest BCUT2D eigenvalue weighted by atomic mass is 10.0. The Labute approximate surface area is 142 Å². The number of carbonyl (C=O) groups is 1. The number of nitrogens with zero attached hydrogens (tertiary/aromatic N) is 2. The molecule has 0 bridgehead atoms. The number of aromatic nitrogens is 2. The van der Waals surface area contributed by atoms with Crippen LogP contribution >= 0.6 is 12.4 Å². The van der Waals surface area contributed by atoms with Crippen molar-refractivity contribution >= 4 is 18.2 Å². The van der Waals surface area contributed by atoms with Crippen molar-refractivity contribution in [2.24, 2.45) is 0 Å². The topological polar surface area (TPSA) is 77.2 Å². The number of benzene rings is 1. The summed E-state index contributed by atoms with van der Waals surface area (Å²) in [6.45, 7) is 3.59. The fourth-order valence-electron chi connectivity index (χ4n) is 2.12. The molecule has 1 heterocycles.